The normalized spacial score (nSPS) is 17.3. The fraction of sp³-hybridized carbons (Fsp3) is 0.391. The van der Waals surface area contributed by atoms with E-state index in [1.54, 1.807) is 18.2 Å². The van der Waals surface area contributed by atoms with E-state index < -0.39 is 23.9 Å². The Bertz CT molecular complexity index is 1440. The summed E-state index contributed by atoms with van der Waals surface area (Å²) in [6, 6.07) is 6.46. The number of pyridine rings is 1. The van der Waals surface area contributed by atoms with Crippen molar-refractivity contribution in [3.05, 3.63) is 58.4 Å². The zero-order valence-electron chi connectivity index (χ0n) is 18.9. The minimum absolute atomic E-state index is 0.0269. The molecule has 2 aliphatic heterocycles. The zero-order chi connectivity index (χ0) is 24.8. The summed E-state index contributed by atoms with van der Waals surface area (Å²) in [7, 11) is 0. The molecule has 0 spiro atoms. The third-order valence-corrected chi connectivity index (χ3v) is 6.55. The van der Waals surface area contributed by atoms with Gasteiger partial charge in [-0.05, 0) is 12.1 Å². The zero-order valence-corrected chi connectivity index (χ0v) is 18.9. The number of hydrogen-bond acceptors (Lipinski definition) is 9. The van der Waals surface area contributed by atoms with Gasteiger partial charge < -0.3 is 18.5 Å². The van der Waals surface area contributed by atoms with Gasteiger partial charge in [0.05, 0.1) is 48.3 Å². The van der Waals surface area contributed by atoms with Crippen LogP contribution in [-0.4, -0.2) is 70.1 Å². The highest BCUT2D eigenvalue weighted by atomic mass is 19.3. The number of piperazine rings is 1. The average molecular weight is 502 g/mol. The van der Waals surface area contributed by atoms with Crippen LogP contribution in [0.3, 0.4) is 0 Å². The Kier molecular flexibility index (Phi) is 5.72. The number of anilines is 1. The molecule has 3 aromatic heterocycles. The van der Waals surface area contributed by atoms with E-state index in [2.05, 4.69) is 20.1 Å². The fourth-order valence-electron chi connectivity index (χ4n) is 4.47. The van der Waals surface area contributed by atoms with Crippen LogP contribution in [0.5, 0.6) is 0 Å². The van der Waals surface area contributed by atoms with Crippen LogP contribution in [0.15, 0.2) is 44.1 Å². The second-order valence-corrected chi connectivity index (χ2v) is 8.72. The van der Waals surface area contributed by atoms with E-state index in [4.69, 9.17) is 13.6 Å². The van der Waals surface area contributed by atoms with Crippen molar-refractivity contribution in [2.45, 2.75) is 19.0 Å². The number of fused-ring (bicyclic) bond motifs is 1. The molecular formula is C23H21F3N6O4. The summed E-state index contributed by atoms with van der Waals surface area (Å²) >= 11 is 0. The Labute approximate surface area is 201 Å². The summed E-state index contributed by atoms with van der Waals surface area (Å²) in [5, 5.41) is 6.87. The summed E-state index contributed by atoms with van der Waals surface area (Å²) in [6.45, 7) is 4.47. The molecule has 0 amide bonds. The van der Waals surface area contributed by atoms with Crippen LogP contribution in [0, 0.1) is 5.82 Å². The van der Waals surface area contributed by atoms with Gasteiger partial charge >= 0.3 is 12.2 Å². The van der Waals surface area contributed by atoms with Gasteiger partial charge in [-0.3, -0.25) is 14.5 Å². The van der Waals surface area contributed by atoms with E-state index in [-0.39, 0.29) is 18.0 Å². The monoisotopic (exact) mass is 502 g/mol. The molecular weight excluding hydrogens is 481 g/mol. The van der Waals surface area contributed by atoms with E-state index in [1.165, 1.54) is 16.8 Å². The third-order valence-electron chi connectivity index (χ3n) is 6.55. The first-order valence-corrected chi connectivity index (χ1v) is 11.4. The molecule has 188 valence electrons. The molecule has 2 aliphatic rings. The van der Waals surface area contributed by atoms with E-state index in [0.29, 0.717) is 41.6 Å². The van der Waals surface area contributed by atoms with Gasteiger partial charge in [-0.2, -0.15) is 8.78 Å². The van der Waals surface area contributed by atoms with Crippen LogP contribution in [-0.2, 0) is 11.3 Å². The lowest BCUT2D eigenvalue weighted by Crippen LogP contribution is -2.56. The molecule has 2 fully saturated rings. The second-order valence-electron chi connectivity index (χ2n) is 8.72. The van der Waals surface area contributed by atoms with E-state index >= 15 is 4.39 Å². The van der Waals surface area contributed by atoms with E-state index in [0.717, 1.165) is 26.3 Å². The molecule has 2 saturated heterocycles. The van der Waals surface area contributed by atoms with Crippen LogP contribution in [0.2, 0.25) is 0 Å². The number of hydrogen-bond donors (Lipinski definition) is 0. The highest BCUT2D eigenvalue weighted by molar-refractivity contribution is 5.78. The molecule has 0 aliphatic carbocycles. The molecule has 6 rings (SSSR count). The van der Waals surface area contributed by atoms with Crippen molar-refractivity contribution in [2.24, 2.45) is 0 Å². The Morgan fingerprint density at radius 3 is 2.50 bits per heavy atom. The summed E-state index contributed by atoms with van der Waals surface area (Å²) < 4.78 is 57.4. The van der Waals surface area contributed by atoms with Crippen molar-refractivity contribution in [3.8, 4) is 11.5 Å². The summed E-state index contributed by atoms with van der Waals surface area (Å²) in [5.74, 6) is -1.94. The number of rotatable bonds is 6. The lowest BCUT2D eigenvalue weighted by atomic mass is 10.1. The molecule has 0 radical (unpaired) electrons. The molecule has 0 N–H and O–H groups in total. The average Bonchev–Trinajstić information content (AvgIpc) is 3.44. The Morgan fingerprint density at radius 1 is 1.06 bits per heavy atom. The molecule has 0 bridgehead atoms. The van der Waals surface area contributed by atoms with Crippen LogP contribution in [0.4, 0.5) is 18.9 Å². The predicted octanol–water partition coefficient (Wildman–Crippen LogP) is 2.69. The Hall–Kier alpha value is -3.71. The van der Waals surface area contributed by atoms with Gasteiger partial charge in [-0.1, -0.05) is 0 Å². The summed E-state index contributed by atoms with van der Waals surface area (Å²) in [4.78, 5) is 21.1. The molecule has 4 aromatic rings. The van der Waals surface area contributed by atoms with Gasteiger partial charge in [-0.15, -0.1) is 10.2 Å². The van der Waals surface area contributed by atoms with Crippen molar-refractivity contribution in [1.29, 1.82) is 0 Å². The number of oxazole rings is 1. The molecule has 5 heterocycles. The number of nitrogens with zero attached hydrogens (tertiary/aromatic N) is 6. The van der Waals surface area contributed by atoms with E-state index in [1.807, 2.05) is 4.90 Å². The van der Waals surface area contributed by atoms with Crippen LogP contribution in [0.1, 0.15) is 18.0 Å². The topological polar surface area (TPSA) is 103 Å². The molecule has 0 unspecified atom stereocenters. The van der Waals surface area contributed by atoms with Crippen molar-refractivity contribution in [1.82, 2.24) is 24.6 Å². The van der Waals surface area contributed by atoms with Gasteiger partial charge in [-0.25, -0.2) is 9.18 Å². The van der Waals surface area contributed by atoms with Gasteiger partial charge in [0.15, 0.2) is 5.58 Å². The fourth-order valence-corrected chi connectivity index (χ4v) is 4.47. The first-order valence-electron chi connectivity index (χ1n) is 11.4. The van der Waals surface area contributed by atoms with Crippen LogP contribution >= 0.6 is 0 Å². The maximum Gasteiger partial charge on any atom is 0.420 e. The number of ether oxygens (including phenoxy) is 1. The number of benzene rings is 1. The molecule has 10 nitrogen and oxygen atoms in total. The number of alkyl halides is 2. The minimum Gasteiger partial charge on any atom is -0.415 e. The number of halogens is 3. The number of aromatic nitrogens is 4. The first-order chi connectivity index (χ1) is 17.5. The van der Waals surface area contributed by atoms with Gasteiger partial charge in [0, 0.05) is 44.5 Å². The third kappa shape index (κ3) is 4.13. The Morgan fingerprint density at radius 2 is 1.86 bits per heavy atom. The summed E-state index contributed by atoms with van der Waals surface area (Å²) in [6.07, 6.45) is -1.49. The molecule has 36 heavy (non-hydrogen) atoms. The molecule has 0 atom stereocenters. The lowest BCUT2D eigenvalue weighted by molar-refractivity contribution is -0.0660. The maximum absolute atomic E-state index is 15.1. The van der Waals surface area contributed by atoms with Gasteiger partial charge in [0.2, 0.25) is 5.89 Å². The van der Waals surface area contributed by atoms with Gasteiger partial charge in [0.1, 0.15) is 5.82 Å². The SMILES string of the molecule is O=c1oc2cc(N3CCN(C4COC4)CC3)c(F)cc2n1Cc1ccc(-c2nnc(C(F)F)o2)cn1. The standard InChI is InChI=1S/C23H21F3N6O4/c24-16-7-18-19(8-17(16)31-5-3-30(4-6-31)15-11-34-12-15)35-23(33)32(18)10-14-2-1-13(9-27-14)21-28-29-22(36-21)20(25)26/h1-2,7-9,15,20H,3-6,10-12H2. The lowest BCUT2D eigenvalue weighted by Gasteiger charge is -2.43. The van der Waals surface area contributed by atoms with Crippen molar-refractivity contribution < 1.29 is 26.7 Å². The maximum atomic E-state index is 15.1. The summed E-state index contributed by atoms with van der Waals surface area (Å²) in [5.41, 5.74) is 1.82. The van der Waals surface area contributed by atoms with Crippen molar-refractivity contribution >= 4 is 16.8 Å². The first kappa shape index (κ1) is 22.7. The quantitative estimate of drug-likeness (QED) is 0.394. The highest BCUT2D eigenvalue weighted by Gasteiger charge is 2.30. The van der Waals surface area contributed by atoms with Crippen molar-refractivity contribution in [2.75, 3.05) is 44.3 Å². The largest absolute Gasteiger partial charge is 0.420 e. The Balaban J connectivity index is 1.20. The molecule has 13 heteroatoms. The molecule has 1 aromatic carbocycles. The van der Waals surface area contributed by atoms with E-state index in [9.17, 15) is 13.6 Å². The smallest absolute Gasteiger partial charge is 0.415 e. The van der Waals surface area contributed by atoms with Crippen molar-refractivity contribution in [3.63, 3.8) is 0 Å². The predicted molar refractivity (Wildman–Crippen MR) is 120 cm³/mol. The molecule has 0 saturated carbocycles. The van der Waals surface area contributed by atoms with Gasteiger partial charge in [0.25, 0.3) is 5.89 Å². The van der Waals surface area contributed by atoms with Crippen LogP contribution < -0.4 is 10.7 Å². The second kappa shape index (κ2) is 9.06. The highest BCUT2D eigenvalue weighted by Crippen LogP contribution is 2.28. The van der Waals surface area contributed by atoms with Crippen LogP contribution in [0.25, 0.3) is 22.6 Å². The minimum atomic E-state index is -2.87.